The predicted octanol–water partition coefficient (Wildman–Crippen LogP) is 0.988. The van der Waals surface area contributed by atoms with E-state index in [9.17, 15) is 4.79 Å². The van der Waals surface area contributed by atoms with E-state index >= 15 is 0 Å². The van der Waals surface area contributed by atoms with Gasteiger partial charge in [0, 0.05) is 6.04 Å². The normalized spacial score (nSPS) is 33.7. The van der Waals surface area contributed by atoms with E-state index in [1.54, 1.807) is 12.0 Å². The Morgan fingerprint density at radius 3 is 2.18 bits per heavy atom. The quantitative estimate of drug-likeness (QED) is 0.568. The lowest BCUT2D eigenvalue weighted by Gasteiger charge is -2.21. The summed E-state index contributed by atoms with van der Waals surface area (Å²) in [5, 5.41) is 1.76. The van der Waals surface area contributed by atoms with Crippen molar-refractivity contribution in [3.05, 3.63) is 0 Å². The molecular weight excluding hydrogens is 142 g/mol. The zero-order valence-corrected chi connectivity index (χ0v) is 7.50. The standard InChI is InChI=1S/C8H15NO2/c1-5(2)9-6(3)8(10)7(4)11-9/h5-7H,1-4H3. The Hall–Kier alpha value is -0.410. The van der Waals surface area contributed by atoms with Gasteiger partial charge in [0.15, 0.2) is 5.78 Å². The molecule has 0 aliphatic carbocycles. The van der Waals surface area contributed by atoms with Crippen LogP contribution in [-0.4, -0.2) is 29.0 Å². The topological polar surface area (TPSA) is 29.5 Å². The SMILES string of the molecule is CC1ON(C(C)C)C(C)C1=O. The van der Waals surface area contributed by atoms with Crippen LogP contribution >= 0.6 is 0 Å². The minimum Gasteiger partial charge on any atom is -0.295 e. The van der Waals surface area contributed by atoms with Crippen molar-refractivity contribution in [1.82, 2.24) is 5.06 Å². The zero-order valence-electron chi connectivity index (χ0n) is 7.50. The third kappa shape index (κ3) is 1.44. The summed E-state index contributed by atoms with van der Waals surface area (Å²) in [5.74, 6) is 0.179. The molecule has 64 valence electrons. The molecule has 1 fully saturated rings. The molecule has 3 heteroatoms. The van der Waals surface area contributed by atoms with Crippen molar-refractivity contribution >= 4 is 5.78 Å². The Bertz CT molecular complexity index is 167. The van der Waals surface area contributed by atoms with Crippen LogP contribution in [0.4, 0.5) is 0 Å². The highest BCUT2D eigenvalue weighted by molar-refractivity contribution is 5.88. The van der Waals surface area contributed by atoms with E-state index in [1.807, 2.05) is 20.8 Å². The largest absolute Gasteiger partial charge is 0.295 e. The van der Waals surface area contributed by atoms with Crippen LogP contribution < -0.4 is 0 Å². The second-order valence-corrected chi connectivity index (χ2v) is 3.28. The molecule has 11 heavy (non-hydrogen) atoms. The number of hydrogen-bond acceptors (Lipinski definition) is 3. The molecule has 1 heterocycles. The van der Waals surface area contributed by atoms with Crippen molar-refractivity contribution in [2.45, 2.75) is 45.9 Å². The maximum atomic E-state index is 11.3. The zero-order chi connectivity index (χ0) is 8.59. The van der Waals surface area contributed by atoms with Gasteiger partial charge in [0.2, 0.25) is 0 Å². The van der Waals surface area contributed by atoms with Gasteiger partial charge in [-0.3, -0.25) is 9.63 Å². The summed E-state index contributed by atoms with van der Waals surface area (Å²) in [6.45, 7) is 7.71. The van der Waals surface area contributed by atoms with Gasteiger partial charge in [0.1, 0.15) is 6.10 Å². The minimum atomic E-state index is -0.257. The van der Waals surface area contributed by atoms with Gasteiger partial charge in [-0.2, -0.15) is 5.06 Å². The summed E-state index contributed by atoms with van der Waals surface area (Å²) in [6.07, 6.45) is -0.257. The Labute approximate surface area is 67.3 Å². The number of hydroxylamine groups is 2. The van der Waals surface area contributed by atoms with E-state index in [4.69, 9.17) is 4.84 Å². The number of rotatable bonds is 1. The lowest BCUT2D eigenvalue weighted by molar-refractivity contribution is -0.175. The van der Waals surface area contributed by atoms with Crippen molar-refractivity contribution in [1.29, 1.82) is 0 Å². The summed E-state index contributed by atoms with van der Waals surface area (Å²) in [7, 11) is 0. The Balaban J connectivity index is 2.67. The number of nitrogens with zero attached hydrogens (tertiary/aromatic N) is 1. The molecule has 0 aromatic carbocycles. The van der Waals surface area contributed by atoms with Gasteiger partial charge >= 0.3 is 0 Å². The van der Waals surface area contributed by atoms with E-state index in [0.717, 1.165) is 0 Å². The average Bonchev–Trinajstić information content (AvgIpc) is 2.17. The fourth-order valence-electron chi connectivity index (χ4n) is 1.36. The van der Waals surface area contributed by atoms with Crippen LogP contribution in [0.3, 0.4) is 0 Å². The predicted molar refractivity (Wildman–Crippen MR) is 42.0 cm³/mol. The molecule has 0 radical (unpaired) electrons. The summed E-state index contributed by atoms with van der Waals surface area (Å²) in [6, 6.07) is 0.198. The van der Waals surface area contributed by atoms with Crippen molar-refractivity contribution in [2.75, 3.05) is 0 Å². The second kappa shape index (κ2) is 2.91. The van der Waals surface area contributed by atoms with Gasteiger partial charge in [-0.15, -0.1) is 0 Å². The van der Waals surface area contributed by atoms with E-state index in [-0.39, 0.29) is 24.0 Å². The number of carbonyl (C=O) groups is 1. The number of ketones is 1. The molecule has 0 aromatic heterocycles. The Morgan fingerprint density at radius 1 is 1.45 bits per heavy atom. The number of carbonyl (C=O) groups excluding carboxylic acids is 1. The van der Waals surface area contributed by atoms with E-state index in [0.29, 0.717) is 0 Å². The van der Waals surface area contributed by atoms with Gasteiger partial charge in [-0.1, -0.05) is 0 Å². The number of Topliss-reactive ketones (excluding diaryl/α,β-unsaturated/α-hetero) is 1. The molecule has 0 saturated carbocycles. The summed E-state index contributed by atoms with van der Waals surface area (Å²) >= 11 is 0. The van der Waals surface area contributed by atoms with Crippen LogP contribution in [0.5, 0.6) is 0 Å². The molecule has 3 nitrogen and oxygen atoms in total. The third-order valence-electron chi connectivity index (χ3n) is 1.98. The fourth-order valence-corrected chi connectivity index (χ4v) is 1.36. The maximum Gasteiger partial charge on any atom is 0.182 e. The molecule has 1 rings (SSSR count). The van der Waals surface area contributed by atoms with E-state index in [1.165, 1.54) is 0 Å². The molecule has 1 aliphatic heterocycles. The molecular formula is C8H15NO2. The Kier molecular flexibility index (Phi) is 2.30. The van der Waals surface area contributed by atoms with Gasteiger partial charge in [0.25, 0.3) is 0 Å². The van der Waals surface area contributed by atoms with Crippen LogP contribution in [0.2, 0.25) is 0 Å². The van der Waals surface area contributed by atoms with E-state index in [2.05, 4.69) is 0 Å². The lowest BCUT2D eigenvalue weighted by Crippen LogP contribution is -2.34. The third-order valence-corrected chi connectivity index (χ3v) is 1.98. The second-order valence-electron chi connectivity index (χ2n) is 3.28. The van der Waals surface area contributed by atoms with Gasteiger partial charge in [0.05, 0.1) is 6.04 Å². The highest BCUT2D eigenvalue weighted by Crippen LogP contribution is 2.19. The van der Waals surface area contributed by atoms with Crippen LogP contribution in [0.1, 0.15) is 27.7 Å². The summed E-state index contributed by atoms with van der Waals surface area (Å²) < 4.78 is 0. The van der Waals surface area contributed by atoms with Crippen molar-refractivity contribution in [2.24, 2.45) is 0 Å². The van der Waals surface area contributed by atoms with Crippen molar-refractivity contribution in [3.63, 3.8) is 0 Å². The molecule has 0 bridgehead atoms. The van der Waals surface area contributed by atoms with Gasteiger partial charge < -0.3 is 0 Å². The first-order valence-electron chi connectivity index (χ1n) is 4.03. The van der Waals surface area contributed by atoms with Gasteiger partial charge in [-0.05, 0) is 27.7 Å². The van der Waals surface area contributed by atoms with Crippen molar-refractivity contribution in [3.8, 4) is 0 Å². The minimum absolute atomic E-state index is 0.0787. The molecule has 1 saturated heterocycles. The molecule has 0 N–H and O–H groups in total. The van der Waals surface area contributed by atoms with Crippen LogP contribution in [0.25, 0.3) is 0 Å². The average molecular weight is 157 g/mol. The highest BCUT2D eigenvalue weighted by Gasteiger charge is 2.37. The number of hydrogen-bond donors (Lipinski definition) is 0. The first kappa shape index (κ1) is 8.68. The van der Waals surface area contributed by atoms with E-state index < -0.39 is 0 Å². The van der Waals surface area contributed by atoms with Gasteiger partial charge in [-0.25, -0.2) is 0 Å². The Morgan fingerprint density at radius 2 is 2.00 bits per heavy atom. The van der Waals surface area contributed by atoms with Crippen molar-refractivity contribution < 1.29 is 9.63 Å². The molecule has 0 aromatic rings. The molecule has 2 atom stereocenters. The van der Waals surface area contributed by atoms with Crippen LogP contribution in [0, 0.1) is 0 Å². The van der Waals surface area contributed by atoms with Crippen LogP contribution in [-0.2, 0) is 9.63 Å². The lowest BCUT2D eigenvalue weighted by atomic mass is 10.1. The maximum absolute atomic E-state index is 11.3. The molecule has 0 amide bonds. The summed E-state index contributed by atoms with van der Waals surface area (Å²) in [4.78, 5) is 16.6. The first-order chi connectivity index (χ1) is 5.04. The smallest absolute Gasteiger partial charge is 0.182 e. The summed E-state index contributed by atoms with van der Waals surface area (Å²) in [5.41, 5.74) is 0. The molecule has 2 unspecified atom stereocenters. The van der Waals surface area contributed by atoms with Crippen LogP contribution in [0.15, 0.2) is 0 Å². The first-order valence-corrected chi connectivity index (χ1v) is 4.03. The molecule has 0 spiro atoms. The fraction of sp³-hybridized carbons (Fsp3) is 0.875. The highest BCUT2D eigenvalue weighted by atomic mass is 16.7. The molecule has 1 aliphatic rings. The monoisotopic (exact) mass is 157 g/mol.